The minimum absolute atomic E-state index is 0.156. The third-order valence-electron chi connectivity index (χ3n) is 1.62. The van der Waals surface area contributed by atoms with Crippen molar-refractivity contribution in [2.45, 2.75) is 6.92 Å². The summed E-state index contributed by atoms with van der Waals surface area (Å²) in [4.78, 5) is 20.1. The summed E-state index contributed by atoms with van der Waals surface area (Å²) >= 11 is 0. The Kier molecular flexibility index (Phi) is 1.21. The van der Waals surface area contributed by atoms with Crippen LogP contribution in [0.25, 0.3) is 11.2 Å². The number of hydrogen-bond donors (Lipinski definition) is 3. The lowest BCUT2D eigenvalue weighted by Crippen LogP contribution is -1.95. The molecular weight excluding hydrogens is 158 g/mol. The van der Waals surface area contributed by atoms with Gasteiger partial charge in [0.05, 0.1) is 5.52 Å². The van der Waals surface area contributed by atoms with Crippen LogP contribution in [-0.2, 0) is 0 Å². The number of aromatic nitrogens is 3. The van der Waals surface area contributed by atoms with Crippen molar-refractivity contribution in [1.29, 1.82) is 0 Å². The zero-order chi connectivity index (χ0) is 8.72. The monoisotopic (exact) mass is 165 g/mol. The van der Waals surface area contributed by atoms with Crippen molar-refractivity contribution in [1.82, 2.24) is 15.0 Å². The van der Waals surface area contributed by atoms with Gasteiger partial charge in [-0.05, 0) is 13.0 Å². The normalized spacial score (nSPS) is 10.8. The van der Waals surface area contributed by atoms with E-state index in [1.54, 1.807) is 0 Å². The number of aromatic amines is 2. The summed E-state index contributed by atoms with van der Waals surface area (Å²) in [7, 11) is 0. The predicted octanol–water partition coefficient (Wildman–Crippen LogP) is 0.898. The molecule has 0 aromatic carbocycles. The molecule has 0 aliphatic carbocycles. The molecule has 0 unspecified atom stereocenters. The summed E-state index contributed by atoms with van der Waals surface area (Å²) in [5, 5.41) is 8.60. The van der Waals surface area contributed by atoms with Gasteiger partial charge in [-0.2, -0.15) is 0 Å². The highest BCUT2D eigenvalue weighted by atomic mass is 16.4. The lowest BCUT2D eigenvalue weighted by atomic mass is 10.4. The van der Waals surface area contributed by atoms with Crippen LogP contribution in [0.5, 0.6) is 0 Å². The zero-order valence-corrected chi connectivity index (χ0v) is 6.38. The van der Waals surface area contributed by atoms with E-state index >= 15 is 0 Å². The van der Waals surface area contributed by atoms with E-state index in [-0.39, 0.29) is 5.69 Å². The Balaban J connectivity index is 2.64. The maximum Gasteiger partial charge on any atom is 0.352 e. The van der Waals surface area contributed by atoms with Crippen molar-refractivity contribution in [3.8, 4) is 0 Å². The van der Waals surface area contributed by atoms with Crippen LogP contribution >= 0.6 is 0 Å². The minimum atomic E-state index is -0.973. The van der Waals surface area contributed by atoms with Gasteiger partial charge in [-0.25, -0.2) is 9.78 Å². The van der Waals surface area contributed by atoms with E-state index in [1.165, 1.54) is 6.07 Å². The number of nitrogens with zero attached hydrogens (tertiary/aromatic N) is 1. The molecule has 0 atom stereocenters. The largest absolute Gasteiger partial charge is 0.477 e. The van der Waals surface area contributed by atoms with Crippen molar-refractivity contribution in [2.75, 3.05) is 0 Å². The number of carboxylic acids is 1. The number of rotatable bonds is 1. The highest BCUT2D eigenvalue weighted by Gasteiger charge is 2.09. The number of nitrogens with one attached hydrogen (secondary N) is 2. The average molecular weight is 165 g/mol. The smallest absolute Gasteiger partial charge is 0.352 e. The quantitative estimate of drug-likeness (QED) is 0.587. The fourth-order valence-electron chi connectivity index (χ4n) is 1.13. The number of imidazole rings is 1. The fourth-order valence-corrected chi connectivity index (χ4v) is 1.13. The number of carboxylic acid groups (broad SMARTS) is 1. The van der Waals surface area contributed by atoms with Crippen molar-refractivity contribution >= 4 is 17.1 Å². The SMILES string of the molecule is Cc1nc2[nH]c(C(=O)O)cc2[nH]1. The van der Waals surface area contributed by atoms with E-state index in [0.29, 0.717) is 5.65 Å². The van der Waals surface area contributed by atoms with Crippen LogP contribution < -0.4 is 0 Å². The molecule has 0 aliphatic rings. The molecule has 2 aromatic heterocycles. The second-order valence-electron chi connectivity index (χ2n) is 2.57. The maximum absolute atomic E-state index is 10.5. The molecule has 0 radical (unpaired) electrons. The van der Waals surface area contributed by atoms with Gasteiger partial charge < -0.3 is 15.1 Å². The predicted molar refractivity (Wildman–Crippen MR) is 42.1 cm³/mol. The molecule has 0 saturated heterocycles. The number of H-pyrrole nitrogens is 2. The topological polar surface area (TPSA) is 81.8 Å². The molecule has 2 rings (SSSR count). The van der Waals surface area contributed by atoms with Gasteiger partial charge in [-0.15, -0.1) is 0 Å². The van der Waals surface area contributed by atoms with E-state index in [9.17, 15) is 4.79 Å². The lowest BCUT2D eigenvalue weighted by Gasteiger charge is -1.83. The van der Waals surface area contributed by atoms with Crippen LogP contribution in [-0.4, -0.2) is 26.0 Å². The highest BCUT2D eigenvalue weighted by molar-refractivity contribution is 5.91. The van der Waals surface area contributed by atoms with Gasteiger partial charge in [-0.3, -0.25) is 0 Å². The fraction of sp³-hybridized carbons (Fsp3) is 0.143. The van der Waals surface area contributed by atoms with Gasteiger partial charge in [0.15, 0.2) is 5.65 Å². The lowest BCUT2D eigenvalue weighted by molar-refractivity contribution is 0.0691. The number of aromatic carboxylic acids is 1. The van der Waals surface area contributed by atoms with Gasteiger partial charge in [0.2, 0.25) is 0 Å². The van der Waals surface area contributed by atoms with Crippen molar-refractivity contribution < 1.29 is 9.90 Å². The van der Waals surface area contributed by atoms with Gasteiger partial charge in [-0.1, -0.05) is 0 Å². The molecule has 62 valence electrons. The zero-order valence-electron chi connectivity index (χ0n) is 6.38. The molecule has 12 heavy (non-hydrogen) atoms. The molecule has 0 fully saturated rings. The van der Waals surface area contributed by atoms with Crippen molar-refractivity contribution in [3.05, 3.63) is 17.6 Å². The van der Waals surface area contributed by atoms with Gasteiger partial charge in [0.1, 0.15) is 11.5 Å². The Morgan fingerprint density at radius 1 is 1.58 bits per heavy atom. The molecule has 5 nitrogen and oxygen atoms in total. The third kappa shape index (κ3) is 0.868. The Morgan fingerprint density at radius 3 is 2.92 bits per heavy atom. The molecule has 2 aromatic rings. The van der Waals surface area contributed by atoms with Crippen LogP contribution in [0.2, 0.25) is 0 Å². The van der Waals surface area contributed by atoms with E-state index in [2.05, 4.69) is 15.0 Å². The highest BCUT2D eigenvalue weighted by Crippen LogP contribution is 2.11. The van der Waals surface area contributed by atoms with E-state index in [4.69, 9.17) is 5.11 Å². The average Bonchev–Trinajstić information content (AvgIpc) is 2.42. The van der Waals surface area contributed by atoms with Crippen LogP contribution in [0.15, 0.2) is 6.07 Å². The summed E-state index contributed by atoms with van der Waals surface area (Å²) in [6, 6.07) is 1.53. The summed E-state index contributed by atoms with van der Waals surface area (Å²) in [5.74, 6) is -0.202. The Hall–Kier alpha value is -1.78. The van der Waals surface area contributed by atoms with Crippen LogP contribution in [0, 0.1) is 6.92 Å². The Morgan fingerprint density at radius 2 is 2.33 bits per heavy atom. The van der Waals surface area contributed by atoms with Crippen LogP contribution in [0.3, 0.4) is 0 Å². The number of fused-ring (bicyclic) bond motifs is 1. The van der Waals surface area contributed by atoms with Crippen LogP contribution in [0.1, 0.15) is 16.3 Å². The minimum Gasteiger partial charge on any atom is -0.477 e. The summed E-state index contributed by atoms with van der Waals surface area (Å²) in [6.45, 7) is 1.81. The third-order valence-corrected chi connectivity index (χ3v) is 1.62. The Bertz CT molecular complexity index is 409. The van der Waals surface area contributed by atoms with E-state index in [0.717, 1.165) is 11.3 Å². The molecule has 0 saturated carbocycles. The van der Waals surface area contributed by atoms with E-state index < -0.39 is 5.97 Å². The maximum atomic E-state index is 10.5. The standard InChI is InChI=1S/C7H7N3O2/c1-3-8-4-2-5(7(11)12)10-6(4)9-3/h2,10H,1H3,(H,8,9)(H,11,12). The molecule has 3 N–H and O–H groups in total. The molecular formula is C7H7N3O2. The molecule has 0 spiro atoms. The summed E-state index contributed by atoms with van der Waals surface area (Å²) in [6.07, 6.45) is 0. The van der Waals surface area contributed by atoms with Gasteiger partial charge in [0.25, 0.3) is 0 Å². The first-order valence-corrected chi connectivity index (χ1v) is 3.45. The van der Waals surface area contributed by atoms with Gasteiger partial charge in [0, 0.05) is 0 Å². The molecule has 5 heteroatoms. The number of aryl methyl sites for hydroxylation is 1. The molecule has 0 amide bonds. The molecule has 2 heterocycles. The van der Waals surface area contributed by atoms with Gasteiger partial charge >= 0.3 is 5.97 Å². The summed E-state index contributed by atoms with van der Waals surface area (Å²) < 4.78 is 0. The van der Waals surface area contributed by atoms with Crippen molar-refractivity contribution in [2.24, 2.45) is 0 Å². The Labute approximate surface area is 67.4 Å². The van der Waals surface area contributed by atoms with Crippen molar-refractivity contribution in [3.63, 3.8) is 0 Å². The molecule has 0 aliphatic heterocycles. The van der Waals surface area contributed by atoms with Crippen LogP contribution in [0.4, 0.5) is 0 Å². The first kappa shape index (κ1) is 6.90. The number of carbonyl (C=O) groups is 1. The second kappa shape index (κ2) is 2.10. The second-order valence-corrected chi connectivity index (χ2v) is 2.57. The summed E-state index contributed by atoms with van der Waals surface area (Å²) in [5.41, 5.74) is 1.47. The first-order chi connectivity index (χ1) is 5.66. The van der Waals surface area contributed by atoms with E-state index in [1.807, 2.05) is 6.92 Å². The number of hydrogen-bond acceptors (Lipinski definition) is 2. The first-order valence-electron chi connectivity index (χ1n) is 3.45. The molecule has 0 bridgehead atoms.